The Morgan fingerprint density at radius 1 is 1.00 bits per heavy atom. The lowest BCUT2D eigenvalue weighted by atomic mass is 10.0. The number of nitrogens with zero attached hydrogens (tertiary/aromatic N) is 6. The predicted molar refractivity (Wildman–Crippen MR) is 139 cm³/mol. The van der Waals surface area contributed by atoms with Crippen LogP contribution in [0.4, 0.5) is 11.4 Å². The molecule has 3 N–H and O–H groups in total. The van der Waals surface area contributed by atoms with Gasteiger partial charge in [0, 0.05) is 11.1 Å². The maximum atomic E-state index is 13.0. The van der Waals surface area contributed by atoms with Crippen LogP contribution in [0.25, 0.3) is 22.5 Å². The largest absolute Gasteiger partial charge is 0.505 e. The Bertz CT molecular complexity index is 1530. The van der Waals surface area contributed by atoms with Gasteiger partial charge in [0.05, 0.1) is 16.4 Å². The van der Waals surface area contributed by atoms with Crippen LogP contribution in [0, 0.1) is 13.8 Å². The number of rotatable bonds is 5. The molecule has 5 rings (SSSR count). The van der Waals surface area contributed by atoms with Crippen LogP contribution < -0.4 is 10.4 Å². The van der Waals surface area contributed by atoms with E-state index in [-0.39, 0.29) is 28.1 Å². The second-order valence-corrected chi connectivity index (χ2v) is 8.70. The van der Waals surface area contributed by atoms with E-state index in [0.717, 1.165) is 22.3 Å². The van der Waals surface area contributed by atoms with Crippen molar-refractivity contribution in [2.24, 2.45) is 10.2 Å². The summed E-state index contributed by atoms with van der Waals surface area (Å²) in [5.74, 6) is 0.0488. The second kappa shape index (κ2) is 9.23. The minimum Gasteiger partial charge on any atom is -0.505 e. The lowest BCUT2D eigenvalue weighted by Crippen LogP contribution is -2.28. The molecular weight excluding hydrogens is 480 g/mol. The Labute approximate surface area is 211 Å². The number of hydrogen-bond acceptors (Lipinski definition) is 8. The fraction of sp³-hybridized carbons (Fsp3) is 0.120. The Kier molecular flexibility index (Phi) is 5.95. The minimum atomic E-state index is -0.382. The molecule has 0 saturated heterocycles. The zero-order chi connectivity index (χ0) is 25.4. The highest BCUT2D eigenvalue weighted by Gasteiger charge is 2.31. The van der Waals surface area contributed by atoms with Crippen LogP contribution in [-0.4, -0.2) is 43.1 Å². The van der Waals surface area contributed by atoms with E-state index in [9.17, 15) is 9.90 Å². The standard InChI is InChI=1S/C25H21ClN8O2/c1-13-4-9-18(12-14(13)2)34-25(36)21(15(3)31-34)27-28-22-20(26)11-10-19(23(22)35)16-5-7-17(8-6-16)24-29-32-33-30-24/h4-12,28,35H,1-3H3,(H,29,30,32,33). The number of aromatic hydroxyl groups is 1. The van der Waals surface area contributed by atoms with Crippen LogP contribution in [0.5, 0.6) is 5.75 Å². The third-order valence-electron chi connectivity index (χ3n) is 5.94. The monoisotopic (exact) mass is 500 g/mol. The molecule has 0 spiro atoms. The highest BCUT2D eigenvalue weighted by molar-refractivity contribution is 6.71. The number of nitrogens with one attached hydrogen (secondary N) is 2. The molecule has 180 valence electrons. The van der Waals surface area contributed by atoms with Crippen LogP contribution in [-0.2, 0) is 4.79 Å². The number of amides is 1. The minimum absolute atomic E-state index is 0.105. The zero-order valence-corrected chi connectivity index (χ0v) is 20.4. The lowest BCUT2D eigenvalue weighted by molar-refractivity contribution is -0.112. The summed E-state index contributed by atoms with van der Waals surface area (Å²) in [6, 6.07) is 16.3. The molecule has 0 unspecified atom stereocenters. The van der Waals surface area contributed by atoms with E-state index in [0.29, 0.717) is 22.8 Å². The van der Waals surface area contributed by atoms with Gasteiger partial charge < -0.3 is 5.11 Å². The van der Waals surface area contributed by atoms with Crippen LogP contribution in [0.3, 0.4) is 0 Å². The normalized spacial score (nSPS) is 14.4. The molecule has 1 aromatic heterocycles. The molecule has 1 amide bonds. The van der Waals surface area contributed by atoms with E-state index in [1.54, 1.807) is 19.1 Å². The summed E-state index contributed by atoms with van der Waals surface area (Å²) in [5, 5.41) is 34.9. The number of aromatic amines is 1. The van der Waals surface area contributed by atoms with E-state index in [4.69, 9.17) is 11.6 Å². The number of benzene rings is 3. The van der Waals surface area contributed by atoms with Crippen molar-refractivity contribution in [3.8, 4) is 28.3 Å². The van der Waals surface area contributed by atoms with Crippen molar-refractivity contribution >= 4 is 40.3 Å². The number of tetrazole rings is 1. The number of hydrazone groups is 2. The van der Waals surface area contributed by atoms with Gasteiger partial charge in [0.2, 0.25) is 0 Å². The van der Waals surface area contributed by atoms with Gasteiger partial charge in [-0.3, -0.25) is 10.2 Å². The molecule has 0 radical (unpaired) electrons. The number of carbonyl (C=O) groups is 1. The Hall–Kier alpha value is -4.57. The lowest BCUT2D eigenvalue weighted by Gasteiger charge is -2.14. The molecule has 3 aromatic carbocycles. The molecule has 4 aromatic rings. The average Bonchev–Trinajstić information content (AvgIpc) is 3.50. The van der Waals surface area contributed by atoms with Gasteiger partial charge in [0.15, 0.2) is 11.5 Å². The van der Waals surface area contributed by atoms with E-state index in [1.165, 1.54) is 5.01 Å². The molecule has 1 aliphatic rings. The summed E-state index contributed by atoms with van der Waals surface area (Å²) in [5.41, 5.74) is 8.40. The zero-order valence-electron chi connectivity index (χ0n) is 19.6. The van der Waals surface area contributed by atoms with Gasteiger partial charge in [-0.25, -0.2) is 5.10 Å². The third kappa shape index (κ3) is 4.18. The summed E-state index contributed by atoms with van der Waals surface area (Å²) in [6.45, 7) is 5.68. The summed E-state index contributed by atoms with van der Waals surface area (Å²) >= 11 is 6.35. The van der Waals surface area contributed by atoms with Gasteiger partial charge >= 0.3 is 5.91 Å². The Balaban J connectivity index is 1.41. The van der Waals surface area contributed by atoms with Gasteiger partial charge in [0.25, 0.3) is 0 Å². The Morgan fingerprint density at radius 2 is 1.75 bits per heavy atom. The van der Waals surface area contributed by atoms with Crippen molar-refractivity contribution in [2.75, 3.05) is 10.4 Å². The average molecular weight is 501 g/mol. The highest BCUT2D eigenvalue weighted by Crippen LogP contribution is 2.40. The summed E-state index contributed by atoms with van der Waals surface area (Å²) in [6.07, 6.45) is 0. The molecule has 0 fully saturated rings. The van der Waals surface area contributed by atoms with Crippen molar-refractivity contribution in [3.63, 3.8) is 0 Å². The number of aryl methyl sites for hydroxylation is 2. The predicted octanol–water partition coefficient (Wildman–Crippen LogP) is 4.70. The van der Waals surface area contributed by atoms with Crippen LogP contribution in [0.2, 0.25) is 5.02 Å². The Morgan fingerprint density at radius 3 is 2.44 bits per heavy atom. The quantitative estimate of drug-likeness (QED) is 0.269. The molecule has 0 saturated carbocycles. The van der Waals surface area contributed by atoms with Gasteiger partial charge in [-0.15, -0.1) is 5.10 Å². The van der Waals surface area contributed by atoms with Crippen molar-refractivity contribution in [1.82, 2.24) is 20.6 Å². The van der Waals surface area contributed by atoms with Crippen molar-refractivity contribution in [2.45, 2.75) is 20.8 Å². The first-order valence-corrected chi connectivity index (χ1v) is 11.4. The first-order chi connectivity index (χ1) is 17.3. The van der Waals surface area contributed by atoms with E-state index in [1.807, 2.05) is 56.3 Å². The van der Waals surface area contributed by atoms with Crippen LogP contribution >= 0.6 is 11.6 Å². The molecule has 11 heteroatoms. The van der Waals surface area contributed by atoms with E-state index < -0.39 is 0 Å². The number of anilines is 2. The second-order valence-electron chi connectivity index (χ2n) is 8.29. The fourth-order valence-electron chi connectivity index (χ4n) is 3.77. The molecule has 0 aliphatic carbocycles. The summed E-state index contributed by atoms with van der Waals surface area (Å²) in [7, 11) is 0. The van der Waals surface area contributed by atoms with Crippen molar-refractivity contribution < 1.29 is 9.90 Å². The maximum absolute atomic E-state index is 13.0. The van der Waals surface area contributed by atoms with Gasteiger partial charge in [-0.1, -0.05) is 41.9 Å². The molecule has 10 nitrogen and oxygen atoms in total. The van der Waals surface area contributed by atoms with Crippen molar-refractivity contribution in [1.29, 1.82) is 0 Å². The first kappa shape index (κ1) is 23.2. The number of aromatic nitrogens is 4. The molecule has 0 bridgehead atoms. The maximum Gasteiger partial charge on any atom is 0.301 e. The number of carbonyl (C=O) groups excluding carboxylic acids is 1. The fourth-order valence-corrected chi connectivity index (χ4v) is 3.96. The van der Waals surface area contributed by atoms with E-state index >= 15 is 0 Å². The number of hydrogen-bond donors (Lipinski definition) is 3. The smallest absolute Gasteiger partial charge is 0.301 e. The van der Waals surface area contributed by atoms with E-state index in [2.05, 4.69) is 36.3 Å². The first-order valence-electron chi connectivity index (χ1n) is 11.0. The molecular formula is C25H21ClN8O2. The molecule has 0 atom stereocenters. The SMILES string of the molecule is CC1=NN(c2ccc(C)c(C)c2)C(=O)C1=NNc1c(Cl)ccc(-c2ccc(-c3nnn[nH]3)cc2)c1O. The molecule has 2 heterocycles. The number of halogens is 1. The summed E-state index contributed by atoms with van der Waals surface area (Å²) in [4.78, 5) is 13.0. The van der Waals surface area contributed by atoms with Gasteiger partial charge in [0.1, 0.15) is 11.4 Å². The summed E-state index contributed by atoms with van der Waals surface area (Å²) < 4.78 is 0. The highest BCUT2D eigenvalue weighted by atomic mass is 35.5. The third-order valence-corrected chi connectivity index (χ3v) is 6.26. The number of phenolic OH excluding ortho intramolecular Hbond substituents is 1. The topological polar surface area (TPSA) is 132 Å². The van der Waals surface area contributed by atoms with Gasteiger partial charge in [-0.2, -0.15) is 15.2 Å². The molecule has 1 aliphatic heterocycles. The number of phenols is 1. The molecule has 36 heavy (non-hydrogen) atoms. The van der Waals surface area contributed by atoms with Crippen LogP contribution in [0.15, 0.2) is 64.8 Å². The van der Waals surface area contributed by atoms with Crippen molar-refractivity contribution in [3.05, 3.63) is 70.7 Å². The van der Waals surface area contributed by atoms with Gasteiger partial charge in [-0.05, 0) is 72.2 Å². The number of H-pyrrole nitrogens is 1. The van der Waals surface area contributed by atoms with Crippen LogP contribution in [0.1, 0.15) is 18.1 Å².